The van der Waals surface area contributed by atoms with Crippen molar-refractivity contribution in [3.8, 4) is 6.07 Å². The molecule has 0 atom stereocenters. The molecule has 4 heteroatoms. The van der Waals surface area contributed by atoms with Gasteiger partial charge in [-0.25, -0.2) is 0 Å². The maximum absolute atomic E-state index is 13.0. The fourth-order valence-electron chi connectivity index (χ4n) is 3.02. The van der Waals surface area contributed by atoms with E-state index in [0.717, 1.165) is 15.6 Å². The lowest BCUT2D eigenvalue weighted by Gasteiger charge is -2.34. The standard InChI is InChI=1S/C22H17BrN2O/c23-20-13-7-8-17(16-20)21(26)25-22(14-15-24,18-9-3-1-4-10-18)19-11-5-2-6-12-19/h1-13,16H,14H2,(H,25,26). The highest BCUT2D eigenvalue weighted by atomic mass is 79.9. The van der Waals surface area contributed by atoms with Crippen molar-refractivity contribution in [1.82, 2.24) is 5.32 Å². The first-order valence-corrected chi connectivity index (χ1v) is 9.01. The minimum atomic E-state index is -0.920. The molecule has 0 aliphatic heterocycles. The number of nitrogens with one attached hydrogen (secondary N) is 1. The molecule has 0 bridgehead atoms. The van der Waals surface area contributed by atoms with Gasteiger partial charge in [-0.3, -0.25) is 4.79 Å². The maximum atomic E-state index is 13.0. The molecule has 0 heterocycles. The molecule has 0 unspecified atom stereocenters. The SMILES string of the molecule is N#CCC(NC(=O)c1cccc(Br)c1)(c1ccccc1)c1ccccc1. The lowest BCUT2D eigenvalue weighted by Crippen LogP contribution is -2.46. The fraction of sp³-hybridized carbons (Fsp3) is 0.0909. The van der Waals surface area contributed by atoms with E-state index in [9.17, 15) is 10.1 Å². The molecule has 0 saturated carbocycles. The molecule has 3 nitrogen and oxygen atoms in total. The number of rotatable bonds is 5. The van der Waals surface area contributed by atoms with Gasteiger partial charge in [0, 0.05) is 10.0 Å². The van der Waals surface area contributed by atoms with Crippen LogP contribution in [0.5, 0.6) is 0 Å². The van der Waals surface area contributed by atoms with Crippen molar-refractivity contribution in [2.24, 2.45) is 0 Å². The van der Waals surface area contributed by atoms with Crippen LogP contribution < -0.4 is 5.32 Å². The van der Waals surface area contributed by atoms with Crippen molar-refractivity contribution in [2.45, 2.75) is 12.0 Å². The number of nitrogens with zero attached hydrogens (tertiary/aromatic N) is 1. The van der Waals surface area contributed by atoms with Crippen molar-refractivity contribution in [3.63, 3.8) is 0 Å². The second kappa shape index (κ2) is 7.99. The third kappa shape index (κ3) is 3.68. The van der Waals surface area contributed by atoms with Crippen molar-refractivity contribution in [2.75, 3.05) is 0 Å². The Balaban J connectivity index is 2.11. The summed E-state index contributed by atoms with van der Waals surface area (Å²) in [7, 11) is 0. The monoisotopic (exact) mass is 404 g/mol. The largest absolute Gasteiger partial charge is 0.337 e. The van der Waals surface area contributed by atoms with Crippen LogP contribution >= 0.6 is 15.9 Å². The summed E-state index contributed by atoms with van der Waals surface area (Å²) < 4.78 is 0.829. The Hall–Kier alpha value is -2.90. The summed E-state index contributed by atoms with van der Waals surface area (Å²) in [6, 6.07) is 28.7. The Kier molecular flexibility index (Phi) is 5.50. The predicted molar refractivity (Wildman–Crippen MR) is 106 cm³/mol. The molecule has 3 aromatic carbocycles. The zero-order valence-corrected chi connectivity index (χ0v) is 15.6. The molecule has 3 aromatic rings. The molecule has 0 aromatic heterocycles. The molecule has 0 saturated heterocycles. The topological polar surface area (TPSA) is 52.9 Å². The van der Waals surface area contributed by atoms with Crippen LogP contribution in [-0.4, -0.2) is 5.91 Å². The fourth-order valence-corrected chi connectivity index (χ4v) is 3.42. The third-order valence-electron chi connectivity index (χ3n) is 4.29. The molecule has 0 aliphatic rings. The van der Waals surface area contributed by atoms with Gasteiger partial charge >= 0.3 is 0 Å². The highest BCUT2D eigenvalue weighted by Gasteiger charge is 2.36. The van der Waals surface area contributed by atoms with Crippen LogP contribution in [0.2, 0.25) is 0 Å². The van der Waals surface area contributed by atoms with Gasteiger partial charge in [0.05, 0.1) is 12.5 Å². The van der Waals surface area contributed by atoms with Crippen molar-refractivity contribution >= 4 is 21.8 Å². The molecule has 0 radical (unpaired) electrons. The van der Waals surface area contributed by atoms with Gasteiger partial charge in [0.1, 0.15) is 5.54 Å². The highest BCUT2D eigenvalue weighted by molar-refractivity contribution is 9.10. The van der Waals surface area contributed by atoms with Gasteiger partial charge in [-0.05, 0) is 29.3 Å². The Labute approximate surface area is 161 Å². The first kappa shape index (κ1) is 17.9. The average molecular weight is 405 g/mol. The number of benzene rings is 3. The summed E-state index contributed by atoms with van der Waals surface area (Å²) in [6.45, 7) is 0. The number of hydrogen-bond donors (Lipinski definition) is 1. The van der Waals surface area contributed by atoms with E-state index in [1.807, 2.05) is 72.8 Å². The van der Waals surface area contributed by atoms with Gasteiger partial charge in [0.15, 0.2) is 0 Å². The smallest absolute Gasteiger partial charge is 0.252 e. The van der Waals surface area contributed by atoms with Gasteiger partial charge in [-0.1, -0.05) is 82.7 Å². The lowest BCUT2D eigenvalue weighted by molar-refractivity contribution is 0.0914. The Bertz CT molecular complexity index is 894. The summed E-state index contributed by atoms with van der Waals surface area (Å²) in [5.74, 6) is -0.228. The number of nitriles is 1. The van der Waals surface area contributed by atoms with Crippen molar-refractivity contribution in [1.29, 1.82) is 5.26 Å². The van der Waals surface area contributed by atoms with E-state index < -0.39 is 5.54 Å². The van der Waals surface area contributed by atoms with Crippen LogP contribution in [-0.2, 0) is 5.54 Å². The summed E-state index contributed by atoms with van der Waals surface area (Å²) >= 11 is 3.40. The molecule has 0 aliphatic carbocycles. The minimum absolute atomic E-state index is 0.126. The Morgan fingerprint density at radius 1 is 0.923 bits per heavy atom. The van der Waals surface area contributed by atoms with Crippen LogP contribution in [0.15, 0.2) is 89.4 Å². The van der Waals surface area contributed by atoms with Crippen molar-refractivity contribution in [3.05, 3.63) is 106 Å². The number of hydrogen-bond acceptors (Lipinski definition) is 2. The molecular formula is C22H17BrN2O. The van der Waals surface area contributed by atoms with E-state index in [0.29, 0.717) is 5.56 Å². The van der Waals surface area contributed by atoms with Gasteiger partial charge in [-0.15, -0.1) is 0 Å². The molecule has 3 rings (SSSR count). The zero-order valence-electron chi connectivity index (χ0n) is 14.0. The number of halogens is 1. The van der Waals surface area contributed by atoms with Gasteiger partial charge in [0.25, 0.3) is 5.91 Å². The second-order valence-electron chi connectivity index (χ2n) is 5.94. The van der Waals surface area contributed by atoms with E-state index in [-0.39, 0.29) is 12.3 Å². The second-order valence-corrected chi connectivity index (χ2v) is 6.85. The minimum Gasteiger partial charge on any atom is -0.337 e. The molecular weight excluding hydrogens is 388 g/mol. The number of carbonyl (C=O) groups is 1. The van der Waals surface area contributed by atoms with Crippen LogP contribution in [0.3, 0.4) is 0 Å². The Morgan fingerprint density at radius 2 is 1.50 bits per heavy atom. The predicted octanol–water partition coefficient (Wildman–Crippen LogP) is 5.04. The van der Waals surface area contributed by atoms with E-state index in [1.165, 1.54) is 0 Å². The van der Waals surface area contributed by atoms with Crippen LogP contribution in [0.4, 0.5) is 0 Å². The van der Waals surface area contributed by atoms with Crippen LogP contribution in [0.25, 0.3) is 0 Å². The Morgan fingerprint density at radius 3 is 2.00 bits per heavy atom. The maximum Gasteiger partial charge on any atom is 0.252 e. The quantitative estimate of drug-likeness (QED) is 0.647. The first-order chi connectivity index (χ1) is 12.7. The van der Waals surface area contributed by atoms with E-state index >= 15 is 0 Å². The average Bonchev–Trinajstić information content (AvgIpc) is 2.69. The van der Waals surface area contributed by atoms with Crippen LogP contribution in [0, 0.1) is 11.3 Å². The molecule has 26 heavy (non-hydrogen) atoms. The summed E-state index contributed by atoms with van der Waals surface area (Å²) in [4.78, 5) is 13.0. The highest BCUT2D eigenvalue weighted by Crippen LogP contribution is 2.33. The van der Waals surface area contributed by atoms with Gasteiger partial charge in [-0.2, -0.15) is 5.26 Å². The van der Waals surface area contributed by atoms with Gasteiger partial charge in [0.2, 0.25) is 0 Å². The molecule has 1 N–H and O–H groups in total. The molecule has 0 spiro atoms. The lowest BCUT2D eigenvalue weighted by atomic mass is 9.80. The number of carbonyl (C=O) groups excluding carboxylic acids is 1. The third-order valence-corrected chi connectivity index (χ3v) is 4.78. The first-order valence-electron chi connectivity index (χ1n) is 8.22. The number of amides is 1. The zero-order chi connectivity index (χ0) is 18.4. The van der Waals surface area contributed by atoms with Gasteiger partial charge < -0.3 is 5.32 Å². The summed E-state index contributed by atoms with van der Waals surface area (Å²) in [6.07, 6.45) is 0.126. The normalized spacial score (nSPS) is 10.8. The van der Waals surface area contributed by atoms with E-state index in [2.05, 4.69) is 27.3 Å². The summed E-state index contributed by atoms with van der Waals surface area (Å²) in [5.41, 5.74) is 1.36. The molecule has 1 amide bonds. The molecule has 128 valence electrons. The van der Waals surface area contributed by atoms with Crippen molar-refractivity contribution < 1.29 is 4.79 Å². The molecule has 0 fully saturated rings. The van der Waals surface area contributed by atoms with Crippen LogP contribution in [0.1, 0.15) is 27.9 Å². The van der Waals surface area contributed by atoms with E-state index in [1.54, 1.807) is 12.1 Å². The summed E-state index contributed by atoms with van der Waals surface area (Å²) in [5, 5.41) is 12.7. The van der Waals surface area contributed by atoms with E-state index in [4.69, 9.17) is 0 Å².